The first-order chi connectivity index (χ1) is 22.2. The summed E-state index contributed by atoms with van der Waals surface area (Å²) in [7, 11) is 0. The van der Waals surface area contributed by atoms with Crippen LogP contribution in [0.4, 0.5) is 0 Å². The fourth-order valence-corrected chi connectivity index (χ4v) is 12.3. The Morgan fingerprint density at radius 2 is 1.75 bits per heavy atom. The van der Waals surface area contributed by atoms with Gasteiger partial charge in [0, 0.05) is 23.4 Å². The van der Waals surface area contributed by atoms with E-state index in [0.717, 1.165) is 30.1 Å². The molecule has 0 saturated heterocycles. The maximum atomic E-state index is 6.94. The lowest BCUT2D eigenvalue weighted by Gasteiger charge is -2.78. The lowest BCUT2D eigenvalue weighted by molar-refractivity contribution is -0.204. The van der Waals surface area contributed by atoms with Crippen LogP contribution in [0.3, 0.4) is 0 Å². The number of rotatable bonds is 12. The summed E-state index contributed by atoms with van der Waals surface area (Å²) >= 11 is 0. The highest BCUT2D eigenvalue weighted by molar-refractivity contribution is 5.52. The topological polar surface area (TPSA) is 59.6 Å². The third kappa shape index (κ3) is 5.93. The monoisotopic (exact) mass is 664 g/mol. The van der Waals surface area contributed by atoms with Gasteiger partial charge in [-0.15, -0.1) is 0 Å². The molecule has 4 heteroatoms. The second-order valence-corrected chi connectivity index (χ2v) is 19.7. The van der Waals surface area contributed by atoms with Crippen molar-refractivity contribution in [3.8, 4) is 0 Å². The number of nitrogens with zero attached hydrogens (tertiary/aromatic N) is 1. The fourth-order valence-electron chi connectivity index (χ4n) is 12.3. The smallest absolute Gasteiger partial charge is 0.0652 e. The van der Waals surface area contributed by atoms with Gasteiger partial charge in [-0.1, -0.05) is 119 Å². The summed E-state index contributed by atoms with van der Waals surface area (Å²) in [6, 6.07) is 0. The van der Waals surface area contributed by atoms with Crippen molar-refractivity contribution >= 4 is 6.21 Å². The van der Waals surface area contributed by atoms with Gasteiger partial charge in [0.05, 0.1) is 12.7 Å². The van der Waals surface area contributed by atoms with E-state index in [-0.39, 0.29) is 27.9 Å². The summed E-state index contributed by atoms with van der Waals surface area (Å²) in [5.41, 5.74) is 14.4. The van der Waals surface area contributed by atoms with Crippen LogP contribution >= 0.6 is 0 Å². The zero-order valence-electron chi connectivity index (χ0n) is 34.0. The number of nitrogens with two attached hydrogens (primary N) is 1. The fraction of sp³-hybridized carbons (Fsp3) is 0.841. The minimum absolute atomic E-state index is 0.00289. The maximum Gasteiger partial charge on any atom is 0.0652 e. The Kier molecular flexibility index (Phi) is 11.2. The number of fused-ring (bicyclic) bond motifs is 2. The molecule has 10 atom stereocenters. The quantitative estimate of drug-likeness (QED) is 0.124. The molecule has 3 N–H and O–H groups in total. The summed E-state index contributed by atoms with van der Waals surface area (Å²) in [6.07, 6.45) is 20.7. The highest BCUT2D eigenvalue weighted by Gasteiger charge is 2.75. The molecule has 5 aliphatic rings. The molecule has 0 aromatic heterocycles. The van der Waals surface area contributed by atoms with Crippen molar-refractivity contribution in [2.75, 3.05) is 6.61 Å². The Labute approximate surface area is 297 Å². The molecule has 0 amide bonds. The van der Waals surface area contributed by atoms with Crippen LogP contribution in [-0.4, -0.2) is 24.5 Å². The lowest BCUT2D eigenvalue weighted by atomic mass is 9.25. The second-order valence-electron chi connectivity index (χ2n) is 19.7. The average molecular weight is 664 g/mol. The van der Waals surface area contributed by atoms with Crippen LogP contribution < -0.4 is 11.2 Å². The van der Waals surface area contributed by atoms with Crippen LogP contribution in [0.2, 0.25) is 0 Å². The van der Waals surface area contributed by atoms with E-state index in [4.69, 9.17) is 10.5 Å². The van der Waals surface area contributed by atoms with Crippen molar-refractivity contribution in [1.29, 1.82) is 0 Å². The highest BCUT2D eigenvalue weighted by Crippen LogP contribution is 2.83. The molecule has 3 fully saturated rings. The van der Waals surface area contributed by atoms with Crippen molar-refractivity contribution < 1.29 is 4.74 Å². The minimum atomic E-state index is -0.352. The SMILES string of the molecule is C=CN/N=C\C.CCCC(C)(C(CC)OC[C@](C)(N)C(C)(C)C)C1CCC2C(=CC[C@]34C=C5C[C@]([C@H](C)C(C)C)(CCC23C)[C@@H]54)C1(C)C. The summed E-state index contributed by atoms with van der Waals surface area (Å²) in [5.74, 6) is 3.81. The standard InChI is InChI=1S/C40H69NO.C4H8N2/c1-14-19-36(11,32(15-2)42-25-38(13,41)34(6,7)8)31-17-16-30-29(35(31,9)10)18-20-40-24-28-23-39(33(28)40,27(5)26(3)4)22-21-37(30,40)12;1-3-5-6-4-2/h18,24,26-27,30-33H,14-17,19-23,25,41H2,1-13H3;3-5H,1H2,2H3/b;6-4-/t27-,30?,31?,32?,33-,36?,37?,38+,39+,40-;/m1./s1. The Balaban J connectivity index is 0.000000794. The molecular formula is C44H77N3O. The third-order valence-electron chi connectivity index (χ3n) is 16.0. The van der Waals surface area contributed by atoms with Gasteiger partial charge in [0.1, 0.15) is 0 Å². The number of hydrazone groups is 1. The first kappa shape index (κ1) is 39.4. The van der Waals surface area contributed by atoms with Gasteiger partial charge in [-0.05, 0) is 122 Å². The first-order valence-corrected chi connectivity index (χ1v) is 19.9. The number of allylic oxidation sites excluding steroid dienone is 4. The van der Waals surface area contributed by atoms with Gasteiger partial charge in [0.2, 0.25) is 0 Å². The van der Waals surface area contributed by atoms with Gasteiger partial charge in [0.25, 0.3) is 0 Å². The predicted molar refractivity (Wildman–Crippen MR) is 208 cm³/mol. The van der Waals surface area contributed by atoms with Gasteiger partial charge in [-0.25, -0.2) is 0 Å². The molecular weight excluding hydrogens is 587 g/mol. The average Bonchev–Trinajstić information content (AvgIpc) is 2.97. The number of hydrogen-bond acceptors (Lipinski definition) is 4. The van der Waals surface area contributed by atoms with Crippen molar-refractivity contribution in [3.63, 3.8) is 0 Å². The number of hydrogen-bond donors (Lipinski definition) is 2. The van der Waals surface area contributed by atoms with E-state index in [1.54, 1.807) is 6.21 Å². The summed E-state index contributed by atoms with van der Waals surface area (Å²) < 4.78 is 6.94. The Morgan fingerprint density at radius 1 is 1.08 bits per heavy atom. The molecule has 274 valence electrons. The van der Waals surface area contributed by atoms with Crippen molar-refractivity contribution in [3.05, 3.63) is 36.1 Å². The largest absolute Gasteiger partial charge is 0.376 e. The molecule has 0 bridgehead atoms. The Hall–Kier alpha value is -1.39. The highest BCUT2D eigenvalue weighted by atomic mass is 16.5. The molecule has 48 heavy (non-hydrogen) atoms. The molecule has 0 aliphatic heterocycles. The molecule has 3 saturated carbocycles. The zero-order chi connectivity index (χ0) is 36.1. The van der Waals surface area contributed by atoms with Crippen LogP contribution in [0.15, 0.2) is 41.2 Å². The van der Waals surface area contributed by atoms with E-state index in [0.29, 0.717) is 28.8 Å². The van der Waals surface area contributed by atoms with Crippen LogP contribution in [0.1, 0.15) is 155 Å². The van der Waals surface area contributed by atoms with Crippen molar-refractivity contribution in [1.82, 2.24) is 5.43 Å². The third-order valence-corrected chi connectivity index (χ3v) is 16.0. The van der Waals surface area contributed by atoms with E-state index in [1.807, 2.05) is 18.1 Å². The molecule has 0 aromatic rings. The predicted octanol–water partition coefficient (Wildman–Crippen LogP) is 11.5. The molecule has 5 unspecified atom stereocenters. The van der Waals surface area contributed by atoms with Crippen LogP contribution in [0.5, 0.6) is 0 Å². The molecule has 0 heterocycles. The minimum Gasteiger partial charge on any atom is -0.376 e. The molecule has 0 aromatic carbocycles. The lowest BCUT2D eigenvalue weighted by Crippen LogP contribution is -2.71. The molecule has 4 nitrogen and oxygen atoms in total. The summed E-state index contributed by atoms with van der Waals surface area (Å²) in [4.78, 5) is 0. The van der Waals surface area contributed by atoms with Gasteiger partial charge in [-0.2, -0.15) is 5.10 Å². The second kappa shape index (κ2) is 13.6. The van der Waals surface area contributed by atoms with Gasteiger partial charge in [0.15, 0.2) is 0 Å². The molecule has 5 aliphatic carbocycles. The van der Waals surface area contributed by atoms with Crippen molar-refractivity contribution in [2.45, 2.75) is 166 Å². The van der Waals surface area contributed by atoms with Gasteiger partial charge in [-0.3, -0.25) is 5.43 Å². The Bertz CT molecular complexity index is 1250. The first-order valence-electron chi connectivity index (χ1n) is 19.9. The van der Waals surface area contributed by atoms with Gasteiger partial charge >= 0.3 is 0 Å². The Morgan fingerprint density at radius 3 is 2.25 bits per heavy atom. The molecule has 1 spiro atoms. The maximum absolute atomic E-state index is 6.94. The van der Waals surface area contributed by atoms with E-state index in [1.165, 1.54) is 57.6 Å². The van der Waals surface area contributed by atoms with Gasteiger partial charge < -0.3 is 10.5 Å². The van der Waals surface area contributed by atoms with E-state index in [9.17, 15) is 0 Å². The van der Waals surface area contributed by atoms with E-state index >= 15 is 0 Å². The number of nitrogens with one attached hydrogen (secondary N) is 1. The van der Waals surface area contributed by atoms with Crippen LogP contribution in [-0.2, 0) is 4.74 Å². The zero-order valence-corrected chi connectivity index (χ0v) is 34.0. The van der Waals surface area contributed by atoms with E-state index in [2.05, 4.69) is 119 Å². The van der Waals surface area contributed by atoms with Crippen molar-refractivity contribution in [2.24, 2.45) is 72.9 Å². The normalized spacial score (nSPS) is 37.0. The summed E-state index contributed by atoms with van der Waals surface area (Å²) in [6.45, 7) is 37.6. The van der Waals surface area contributed by atoms with E-state index < -0.39 is 0 Å². The number of ether oxygens (including phenoxy) is 1. The molecule has 5 rings (SSSR count). The van der Waals surface area contributed by atoms with Crippen LogP contribution in [0.25, 0.3) is 0 Å². The summed E-state index contributed by atoms with van der Waals surface area (Å²) in [5, 5.41) is 3.60. The molecule has 0 radical (unpaired) electrons. The van der Waals surface area contributed by atoms with Crippen LogP contribution in [0, 0.1) is 62.1 Å².